The van der Waals surface area contributed by atoms with E-state index in [-0.39, 0.29) is 6.54 Å². The first-order valence-corrected chi connectivity index (χ1v) is 6.04. The largest absolute Gasteiger partial charge is 0.481 e. The number of hydrogen-bond donors (Lipinski definition) is 3. The number of fused-ring (bicyclic) bond motifs is 1. The Labute approximate surface area is 114 Å². The predicted octanol–water partition coefficient (Wildman–Crippen LogP) is 0.290. The van der Waals surface area contributed by atoms with E-state index in [1.165, 1.54) is 13.1 Å². The van der Waals surface area contributed by atoms with Gasteiger partial charge in [0.15, 0.2) is 0 Å². The fraction of sp³-hybridized carbons (Fsp3) is 0.308. The Hall–Kier alpha value is -2.41. The number of nitrogens with one attached hydrogen (secondary N) is 1. The molecule has 0 saturated carbocycles. The summed E-state index contributed by atoms with van der Waals surface area (Å²) < 4.78 is 1.56. The predicted molar refractivity (Wildman–Crippen MR) is 70.4 cm³/mol. The average Bonchev–Trinajstić information content (AvgIpc) is 2.78. The van der Waals surface area contributed by atoms with Crippen LogP contribution in [0.1, 0.15) is 23.7 Å². The first kappa shape index (κ1) is 14.0. The van der Waals surface area contributed by atoms with E-state index < -0.39 is 23.9 Å². The highest BCUT2D eigenvalue weighted by molar-refractivity contribution is 6.00. The minimum Gasteiger partial charge on any atom is -0.481 e. The number of pyridine rings is 1. The van der Waals surface area contributed by atoms with Crippen LogP contribution in [0.4, 0.5) is 0 Å². The zero-order valence-corrected chi connectivity index (χ0v) is 10.9. The molecule has 2 aromatic heterocycles. The number of hydrogen-bond acceptors (Lipinski definition) is 4. The van der Waals surface area contributed by atoms with Crippen LogP contribution in [-0.2, 0) is 4.79 Å². The molecule has 0 aliphatic heterocycles. The molecule has 2 aromatic rings. The molecule has 0 spiro atoms. The number of aliphatic hydroxyl groups is 1. The summed E-state index contributed by atoms with van der Waals surface area (Å²) in [6, 6.07) is 5.32. The molecular weight excluding hydrogens is 262 g/mol. The normalized spacial score (nSPS) is 13.9. The van der Waals surface area contributed by atoms with Crippen molar-refractivity contribution in [1.29, 1.82) is 0 Å². The van der Waals surface area contributed by atoms with Gasteiger partial charge in [-0.25, -0.2) is 4.52 Å². The molecule has 1 amide bonds. The van der Waals surface area contributed by atoms with Crippen LogP contribution in [0, 0.1) is 0 Å². The minimum absolute atomic E-state index is 0.150. The Balaban J connectivity index is 2.07. The van der Waals surface area contributed by atoms with Crippen LogP contribution in [0.15, 0.2) is 30.6 Å². The smallest absolute Gasteiger partial charge is 0.306 e. The van der Waals surface area contributed by atoms with Crippen molar-refractivity contribution < 1.29 is 19.8 Å². The molecule has 0 bridgehead atoms. The van der Waals surface area contributed by atoms with Gasteiger partial charge in [0.05, 0.1) is 29.3 Å². The zero-order valence-electron chi connectivity index (χ0n) is 10.9. The highest BCUT2D eigenvalue weighted by Crippen LogP contribution is 2.11. The molecule has 0 aliphatic rings. The molecule has 1 unspecified atom stereocenters. The Bertz CT molecular complexity index is 648. The summed E-state index contributed by atoms with van der Waals surface area (Å²) >= 11 is 0. The van der Waals surface area contributed by atoms with E-state index in [9.17, 15) is 14.7 Å². The van der Waals surface area contributed by atoms with Crippen molar-refractivity contribution in [2.75, 3.05) is 6.54 Å². The van der Waals surface area contributed by atoms with E-state index in [2.05, 4.69) is 10.4 Å². The summed E-state index contributed by atoms with van der Waals surface area (Å²) in [7, 11) is 0. The first-order valence-electron chi connectivity index (χ1n) is 6.04. The van der Waals surface area contributed by atoms with Crippen LogP contribution < -0.4 is 5.32 Å². The van der Waals surface area contributed by atoms with Crippen LogP contribution in [0.25, 0.3) is 5.52 Å². The third kappa shape index (κ3) is 3.12. The number of carboxylic acids is 1. The molecule has 7 nitrogen and oxygen atoms in total. The Morgan fingerprint density at radius 1 is 1.45 bits per heavy atom. The number of rotatable bonds is 5. The minimum atomic E-state index is -1.50. The maximum atomic E-state index is 12.0. The topological polar surface area (TPSA) is 104 Å². The number of carboxylic acid groups (broad SMARTS) is 1. The lowest BCUT2D eigenvalue weighted by Gasteiger charge is -2.21. The third-order valence-electron chi connectivity index (χ3n) is 2.83. The maximum absolute atomic E-state index is 12.0. The number of amides is 1. The van der Waals surface area contributed by atoms with Gasteiger partial charge < -0.3 is 15.5 Å². The van der Waals surface area contributed by atoms with E-state index in [0.29, 0.717) is 11.1 Å². The van der Waals surface area contributed by atoms with Gasteiger partial charge in [0.2, 0.25) is 0 Å². The van der Waals surface area contributed by atoms with E-state index in [4.69, 9.17) is 5.11 Å². The van der Waals surface area contributed by atoms with E-state index in [1.807, 2.05) is 0 Å². The highest BCUT2D eigenvalue weighted by Gasteiger charge is 2.25. The van der Waals surface area contributed by atoms with Gasteiger partial charge in [-0.15, -0.1) is 0 Å². The number of nitrogens with zero attached hydrogens (tertiary/aromatic N) is 2. The molecule has 0 radical (unpaired) electrons. The van der Waals surface area contributed by atoms with Gasteiger partial charge in [0, 0.05) is 12.7 Å². The van der Waals surface area contributed by atoms with Gasteiger partial charge in [0.1, 0.15) is 0 Å². The Kier molecular flexibility index (Phi) is 3.71. The van der Waals surface area contributed by atoms with Crippen molar-refractivity contribution in [2.24, 2.45) is 0 Å². The monoisotopic (exact) mass is 277 g/mol. The lowest BCUT2D eigenvalue weighted by atomic mass is 10.0. The van der Waals surface area contributed by atoms with Crippen molar-refractivity contribution in [3.63, 3.8) is 0 Å². The van der Waals surface area contributed by atoms with Crippen LogP contribution in [-0.4, -0.2) is 43.8 Å². The Morgan fingerprint density at radius 2 is 2.20 bits per heavy atom. The molecule has 0 aliphatic carbocycles. The SMILES string of the molecule is CC(O)(CNC(=O)c1cnn2ccccc12)CC(=O)O. The number of aliphatic carboxylic acids is 1. The first-order chi connectivity index (χ1) is 9.39. The molecule has 20 heavy (non-hydrogen) atoms. The van der Waals surface area contributed by atoms with Crippen LogP contribution in [0.3, 0.4) is 0 Å². The molecule has 2 heterocycles. The molecule has 0 aromatic carbocycles. The maximum Gasteiger partial charge on any atom is 0.306 e. The van der Waals surface area contributed by atoms with Gasteiger partial charge in [-0.2, -0.15) is 5.10 Å². The molecule has 106 valence electrons. The second-order valence-corrected chi connectivity index (χ2v) is 4.84. The van der Waals surface area contributed by atoms with Crippen LogP contribution in [0.2, 0.25) is 0 Å². The van der Waals surface area contributed by atoms with Gasteiger partial charge in [-0.1, -0.05) is 6.07 Å². The zero-order chi connectivity index (χ0) is 14.8. The van der Waals surface area contributed by atoms with Gasteiger partial charge in [-0.05, 0) is 19.1 Å². The molecule has 3 N–H and O–H groups in total. The summed E-state index contributed by atoms with van der Waals surface area (Å²) in [5.41, 5.74) is -0.482. The summed E-state index contributed by atoms with van der Waals surface area (Å²) in [5, 5.41) is 25.0. The molecule has 7 heteroatoms. The molecule has 0 fully saturated rings. The molecule has 0 saturated heterocycles. The van der Waals surface area contributed by atoms with Gasteiger partial charge in [-0.3, -0.25) is 9.59 Å². The van der Waals surface area contributed by atoms with Crippen LogP contribution >= 0.6 is 0 Å². The number of carbonyl (C=O) groups excluding carboxylic acids is 1. The van der Waals surface area contributed by atoms with Gasteiger partial charge >= 0.3 is 5.97 Å². The highest BCUT2D eigenvalue weighted by atomic mass is 16.4. The van der Waals surface area contributed by atoms with Crippen LogP contribution in [0.5, 0.6) is 0 Å². The summed E-state index contributed by atoms with van der Waals surface area (Å²) in [4.78, 5) is 22.6. The summed E-state index contributed by atoms with van der Waals surface area (Å²) in [6.45, 7) is 1.21. The number of aromatic nitrogens is 2. The fourth-order valence-corrected chi connectivity index (χ4v) is 1.86. The van der Waals surface area contributed by atoms with Crippen molar-refractivity contribution in [2.45, 2.75) is 18.9 Å². The summed E-state index contributed by atoms with van der Waals surface area (Å²) in [5.74, 6) is -1.53. The van der Waals surface area contributed by atoms with Crippen molar-refractivity contribution in [3.05, 3.63) is 36.2 Å². The fourth-order valence-electron chi connectivity index (χ4n) is 1.86. The third-order valence-corrected chi connectivity index (χ3v) is 2.83. The van der Waals surface area contributed by atoms with Crippen molar-refractivity contribution in [3.8, 4) is 0 Å². The second kappa shape index (κ2) is 5.30. The molecular formula is C13H15N3O4. The lowest BCUT2D eigenvalue weighted by molar-refractivity contribution is -0.141. The Morgan fingerprint density at radius 3 is 2.90 bits per heavy atom. The molecule has 2 rings (SSSR count). The lowest BCUT2D eigenvalue weighted by Crippen LogP contribution is -2.42. The second-order valence-electron chi connectivity index (χ2n) is 4.84. The standard InChI is InChI=1S/C13H15N3O4/c1-13(20,6-11(17)18)8-14-12(19)9-7-15-16-5-3-2-4-10(9)16/h2-5,7,20H,6,8H2,1H3,(H,14,19)(H,17,18). The van der Waals surface area contributed by atoms with Gasteiger partial charge in [0.25, 0.3) is 5.91 Å². The molecule has 1 atom stereocenters. The quantitative estimate of drug-likeness (QED) is 0.728. The van der Waals surface area contributed by atoms with Crippen molar-refractivity contribution in [1.82, 2.24) is 14.9 Å². The summed E-state index contributed by atoms with van der Waals surface area (Å²) in [6.07, 6.45) is 2.70. The van der Waals surface area contributed by atoms with E-state index in [1.54, 1.807) is 28.9 Å². The van der Waals surface area contributed by atoms with E-state index in [0.717, 1.165) is 0 Å². The van der Waals surface area contributed by atoms with E-state index >= 15 is 0 Å². The average molecular weight is 277 g/mol. The van der Waals surface area contributed by atoms with Crippen molar-refractivity contribution >= 4 is 17.4 Å². The number of carbonyl (C=O) groups is 2.